The smallest absolute Gasteiger partial charge is 0.323 e. The molecule has 1 N–H and O–H groups in total. The molecule has 0 bridgehead atoms. The number of aromatic nitrogens is 2. The average molecular weight is 478 g/mol. The van der Waals surface area contributed by atoms with E-state index in [1.54, 1.807) is 18.3 Å². The minimum absolute atomic E-state index is 0.270. The van der Waals surface area contributed by atoms with Gasteiger partial charge in [-0.1, -0.05) is 41.9 Å². The zero-order valence-electron chi connectivity index (χ0n) is 15.9. The zero-order chi connectivity index (χ0) is 21.8. The molecule has 31 heavy (non-hydrogen) atoms. The highest BCUT2D eigenvalue weighted by Crippen LogP contribution is 2.36. The molecule has 0 radical (unpaired) electrons. The van der Waals surface area contributed by atoms with Crippen LogP contribution in [0.4, 0.5) is 18.9 Å². The minimum atomic E-state index is -4.38. The van der Waals surface area contributed by atoms with E-state index in [9.17, 15) is 13.2 Å². The summed E-state index contributed by atoms with van der Waals surface area (Å²) in [6.45, 7) is 0. The number of pyridine rings is 1. The zero-order valence-corrected chi connectivity index (χ0v) is 18.2. The number of hydrogen-bond donors (Lipinski definition) is 1. The summed E-state index contributed by atoms with van der Waals surface area (Å²) in [7, 11) is 0. The maximum Gasteiger partial charge on any atom is 0.461 e. The van der Waals surface area contributed by atoms with Crippen LogP contribution in [0.3, 0.4) is 0 Å². The van der Waals surface area contributed by atoms with E-state index in [2.05, 4.69) is 26.8 Å². The molecule has 4 rings (SSSR count). The molecule has 2 aromatic carbocycles. The standard InChI is InChI=1S/C22H15ClF3N3S2/c23-19-12-16(29-31-22(24,25)26)6-7-18(19)20-13-30-21(28-20)15-8-9-27-17(11-15)10-14-4-2-1-3-5-14/h1-9,11-13,29H,10H2. The van der Waals surface area contributed by atoms with Crippen molar-refractivity contribution in [2.45, 2.75) is 11.9 Å². The van der Waals surface area contributed by atoms with Gasteiger partial charge in [0.25, 0.3) is 0 Å². The van der Waals surface area contributed by atoms with Crippen molar-refractivity contribution in [3.63, 3.8) is 0 Å². The van der Waals surface area contributed by atoms with Gasteiger partial charge in [-0.05, 0) is 35.9 Å². The first kappa shape index (κ1) is 21.7. The summed E-state index contributed by atoms with van der Waals surface area (Å²) < 4.78 is 39.3. The number of thiazole rings is 1. The quantitative estimate of drug-likeness (QED) is 0.289. The van der Waals surface area contributed by atoms with Crippen LogP contribution in [0.25, 0.3) is 21.8 Å². The fourth-order valence-corrected chi connectivity index (χ4v) is 4.40. The Labute approximate surface area is 190 Å². The molecule has 0 atom stereocenters. The number of hydrogen-bond acceptors (Lipinski definition) is 5. The third kappa shape index (κ3) is 5.78. The molecular formula is C22H15ClF3N3S2. The van der Waals surface area contributed by atoms with Crippen molar-refractivity contribution in [3.8, 4) is 21.8 Å². The van der Waals surface area contributed by atoms with Crippen molar-refractivity contribution in [3.05, 3.63) is 88.5 Å². The molecule has 0 aliphatic heterocycles. The molecule has 0 spiro atoms. The van der Waals surface area contributed by atoms with E-state index < -0.39 is 5.51 Å². The first-order chi connectivity index (χ1) is 14.9. The second kappa shape index (κ2) is 9.30. The predicted octanol–water partition coefficient (Wildman–Crippen LogP) is 7.70. The molecular weight excluding hydrogens is 463 g/mol. The highest BCUT2D eigenvalue weighted by molar-refractivity contribution is 8.01. The SMILES string of the molecule is FC(F)(F)SNc1ccc(-c2csc(-c3ccnc(Cc4ccccc4)c3)n2)c(Cl)c1. The van der Waals surface area contributed by atoms with E-state index >= 15 is 0 Å². The van der Waals surface area contributed by atoms with Crippen LogP contribution in [0.2, 0.25) is 5.02 Å². The second-order valence-electron chi connectivity index (χ2n) is 6.58. The average Bonchev–Trinajstić information content (AvgIpc) is 3.23. The Morgan fingerprint density at radius 3 is 2.58 bits per heavy atom. The highest BCUT2D eigenvalue weighted by atomic mass is 35.5. The van der Waals surface area contributed by atoms with E-state index in [4.69, 9.17) is 11.6 Å². The lowest BCUT2D eigenvalue weighted by Crippen LogP contribution is -2.04. The summed E-state index contributed by atoms with van der Waals surface area (Å²) >= 11 is 7.45. The van der Waals surface area contributed by atoms with Gasteiger partial charge < -0.3 is 4.72 Å². The Bertz CT molecular complexity index is 1180. The van der Waals surface area contributed by atoms with E-state index in [-0.39, 0.29) is 17.6 Å². The Kier molecular flexibility index (Phi) is 6.50. The van der Waals surface area contributed by atoms with Crippen molar-refractivity contribution >= 4 is 40.6 Å². The number of halogens is 4. The third-order valence-electron chi connectivity index (χ3n) is 4.33. The maximum absolute atomic E-state index is 12.4. The van der Waals surface area contributed by atoms with Crippen LogP contribution in [0.5, 0.6) is 0 Å². The topological polar surface area (TPSA) is 37.8 Å². The molecule has 2 aromatic heterocycles. The largest absolute Gasteiger partial charge is 0.461 e. The van der Waals surface area contributed by atoms with E-state index in [0.29, 0.717) is 16.3 Å². The summed E-state index contributed by atoms with van der Waals surface area (Å²) in [6, 6.07) is 18.7. The van der Waals surface area contributed by atoms with Crippen LogP contribution in [0, 0.1) is 0 Å². The summed E-state index contributed by atoms with van der Waals surface area (Å²) in [5.41, 5.74) is 0.289. The van der Waals surface area contributed by atoms with Crippen molar-refractivity contribution in [2.75, 3.05) is 4.72 Å². The van der Waals surface area contributed by atoms with Gasteiger partial charge in [0.05, 0.1) is 22.7 Å². The molecule has 0 saturated carbocycles. The van der Waals surface area contributed by atoms with Crippen molar-refractivity contribution in [1.82, 2.24) is 9.97 Å². The lowest BCUT2D eigenvalue weighted by atomic mass is 10.1. The van der Waals surface area contributed by atoms with Gasteiger partial charge in [0, 0.05) is 40.5 Å². The molecule has 2 heterocycles. The maximum atomic E-state index is 12.4. The molecule has 4 aromatic rings. The van der Waals surface area contributed by atoms with Crippen molar-refractivity contribution < 1.29 is 13.2 Å². The first-order valence-corrected chi connectivity index (χ1v) is 11.2. The first-order valence-electron chi connectivity index (χ1n) is 9.13. The third-order valence-corrected chi connectivity index (χ3v) is 6.10. The number of rotatable bonds is 6. The van der Waals surface area contributed by atoms with Crippen LogP contribution >= 0.6 is 34.9 Å². The predicted molar refractivity (Wildman–Crippen MR) is 122 cm³/mol. The van der Waals surface area contributed by atoms with Crippen molar-refractivity contribution in [1.29, 1.82) is 0 Å². The van der Waals surface area contributed by atoms with E-state index in [1.165, 1.54) is 23.0 Å². The lowest BCUT2D eigenvalue weighted by Gasteiger charge is -2.09. The van der Waals surface area contributed by atoms with Crippen LogP contribution in [0.1, 0.15) is 11.3 Å². The normalized spacial score (nSPS) is 11.5. The van der Waals surface area contributed by atoms with E-state index in [1.807, 2.05) is 35.7 Å². The molecule has 3 nitrogen and oxygen atoms in total. The number of anilines is 1. The van der Waals surface area contributed by atoms with Crippen LogP contribution in [-0.2, 0) is 6.42 Å². The van der Waals surface area contributed by atoms with Gasteiger partial charge in [0.2, 0.25) is 0 Å². The summed E-state index contributed by atoms with van der Waals surface area (Å²) in [5.74, 6) is 0. The van der Waals surface area contributed by atoms with Crippen molar-refractivity contribution in [2.24, 2.45) is 0 Å². The highest BCUT2D eigenvalue weighted by Gasteiger charge is 2.29. The fraction of sp³-hybridized carbons (Fsp3) is 0.0909. The Hall–Kier alpha value is -2.55. The molecule has 0 aliphatic rings. The number of nitrogens with one attached hydrogen (secondary N) is 1. The second-order valence-corrected chi connectivity index (χ2v) is 8.72. The van der Waals surface area contributed by atoms with Gasteiger partial charge in [-0.3, -0.25) is 4.98 Å². The van der Waals surface area contributed by atoms with Crippen LogP contribution < -0.4 is 4.72 Å². The Morgan fingerprint density at radius 2 is 1.84 bits per heavy atom. The summed E-state index contributed by atoms with van der Waals surface area (Å²) in [4.78, 5) is 9.13. The van der Waals surface area contributed by atoms with Gasteiger partial charge in [0.1, 0.15) is 5.01 Å². The molecule has 158 valence electrons. The minimum Gasteiger partial charge on any atom is -0.323 e. The number of alkyl halides is 3. The summed E-state index contributed by atoms with van der Waals surface area (Å²) in [5, 5.41) is 3.02. The van der Waals surface area contributed by atoms with Crippen LogP contribution in [-0.4, -0.2) is 15.5 Å². The number of benzene rings is 2. The molecule has 9 heteroatoms. The summed E-state index contributed by atoms with van der Waals surface area (Å²) in [6.07, 6.45) is 2.49. The molecule has 0 fully saturated rings. The molecule has 0 amide bonds. The lowest BCUT2D eigenvalue weighted by molar-refractivity contribution is -0.0323. The molecule has 0 unspecified atom stereocenters. The Morgan fingerprint density at radius 1 is 1.03 bits per heavy atom. The molecule has 0 saturated heterocycles. The molecule has 0 aliphatic carbocycles. The van der Waals surface area contributed by atoms with Crippen LogP contribution in [0.15, 0.2) is 72.2 Å². The Balaban J connectivity index is 1.53. The van der Waals surface area contributed by atoms with Gasteiger partial charge in [0.15, 0.2) is 0 Å². The van der Waals surface area contributed by atoms with Gasteiger partial charge >= 0.3 is 5.51 Å². The van der Waals surface area contributed by atoms with E-state index in [0.717, 1.165) is 22.7 Å². The fourth-order valence-electron chi connectivity index (χ4n) is 2.95. The van der Waals surface area contributed by atoms with Gasteiger partial charge in [-0.25, -0.2) is 4.98 Å². The van der Waals surface area contributed by atoms with Gasteiger partial charge in [-0.2, -0.15) is 13.2 Å². The van der Waals surface area contributed by atoms with Gasteiger partial charge in [-0.15, -0.1) is 11.3 Å². The monoisotopic (exact) mass is 477 g/mol. The number of nitrogens with zero attached hydrogens (tertiary/aromatic N) is 2.